The minimum atomic E-state index is -1.09. The van der Waals surface area contributed by atoms with E-state index < -0.39 is 11.8 Å². The van der Waals surface area contributed by atoms with Crippen LogP contribution in [0.1, 0.15) is 10.4 Å². The topological polar surface area (TPSA) is 37.3 Å². The van der Waals surface area contributed by atoms with Gasteiger partial charge in [-0.3, -0.25) is 0 Å². The predicted molar refractivity (Wildman–Crippen MR) is 74.2 cm³/mol. The zero-order chi connectivity index (χ0) is 13.3. The lowest BCUT2D eigenvalue weighted by atomic mass is 9.99. The summed E-state index contributed by atoms with van der Waals surface area (Å²) in [6.45, 7) is 0. The lowest BCUT2D eigenvalue weighted by molar-refractivity contribution is 0.0697. The van der Waals surface area contributed by atoms with Crippen molar-refractivity contribution in [3.63, 3.8) is 0 Å². The van der Waals surface area contributed by atoms with Gasteiger partial charge < -0.3 is 5.11 Å². The Morgan fingerprint density at radius 1 is 1.00 bits per heavy atom. The second-order valence-electron chi connectivity index (χ2n) is 3.62. The van der Waals surface area contributed by atoms with Crippen LogP contribution in [0.4, 0.5) is 4.39 Å². The molecule has 2 nitrogen and oxygen atoms in total. The minimum Gasteiger partial charge on any atom is -0.478 e. The van der Waals surface area contributed by atoms with E-state index in [2.05, 4.69) is 31.9 Å². The zero-order valence-electron chi connectivity index (χ0n) is 8.95. The van der Waals surface area contributed by atoms with Crippen molar-refractivity contribution in [3.8, 4) is 11.1 Å². The predicted octanol–water partition coefficient (Wildman–Crippen LogP) is 4.72. The van der Waals surface area contributed by atoms with E-state index in [-0.39, 0.29) is 11.1 Å². The molecule has 1 N–H and O–H groups in total. The molecule has 0 amide bonds. The molecule has 0 heterocycles. The van der Waals surface area contributed by atoms with Crippen LogP contribution in [0.3, 0.4) is 0 Å². The number of carbonyl (C=O) groups is 1. The third-order valence-corrected chi connectivity index (χ3v) is 3.42. The smallest absolute Gasteiger partial charge is 0.336 e. The number of carboxylic acid groups (broad SMARTS) is 1. The van der Waals surface area contributed by atoms with E-state index in [1.165, 1.54) is 12.1 Å². The SMILES string of the molecule is O=C(O)c1cc(Br)ccc1-c1cc(Br)ccc1F. The molecular weight excluding hydrogens is 367 g/mol. The van der Waals surface area contributed by atoms with Gasteiger partial charge >= 0.3 is 5.97 Å². The number of carboxylic acids is 1. The maximum Gasteiger partial charge on any atom is 0.336 e. The summed E-state index contributed by atoms with van der Waals surface area (Å²) >= 11 is 6.45. The summed E-state index contributed by atoms with van der Waals surface area (Å²) < 4.78 is 15.1. The number of benzene rings is 2. The summed E-state index contributed by atoms with van der Waals surface area (Å²) in [5, 5.41) is 9.16. The van der Waals surface area contributed by atoms with Crippen molar-refractivity contribution >= 4 is 37.8 Å². The molecule has 0 aromatic heterocycles. The van der Waals surface area contributed by atoms with Gasteiger partial charge in [-0.1, -0.05) is 37.9 Å². The fourth-order valence-corrected chi connectivity index (χ4v) is 2.35. The molecule has 0 spiro atoms. The number of aromatic carboxylic acids is 1. The molecular formula is C13H7Br2FO2. The highest BCUT2D eigenvalue weighted by Crippen LogP contribution is 2.30. The Morgan fingerprint density at radius 3 is 2.28 bits per heavy atom. The van der Waals surface area contributed by atoms with Crippen LogP contribution >= 0.6 is 31.9 Å². The standard InChI is InChI=1S/C13H7Br2FO2/c14-7-1-3-9(11(6-7)13(17)18)10-5-8(15)2-4-12(10)16/h1-6H,(H,17,18). The van der Waals surface area contributed by atoms with Crippen molar-refractivity contribution in [2.45, 2.75) is 0 Å². The first-order valence-corrected chi connectivity index (χ1v) is 6.56. The molecule has 2 aromatic rings. The lowest BCUT2D eigenvalue weighted by Gasteiger charge is -2.08. The summed E-state index contributed by atoms with van der Waals surface area (Å²) in [5.74, 6) is -1.55. The highest BCUT2D eigenvalue weighted by molar-refractivity contribution is 9.10. The minimum absolute atomic E-state index is 0.0568. The fourth-order valence-electron chi connectivity index (χ4n) is 1.63. The van der Waals surface area contributed by atoms with E-state index in [1.807, 2.05) is 0 Å². The molecule has 18 heavy (non-hydrogen) atoms. The average molecular weight is 374 g/mol. The van der Waals surface area contributed by atoms with Gasteiger partial charge in [0.05, 0.1) is 5.56 Å². The van der Waals surface area contributed by atoms with Gasteiger partial charge in [-0.15, -0.1) is 0 Å². The second-order valence-corrected chi connectivity index (χ2v) is 5.45. The molecule has 2 aromatic carbocycles. The molecule has 0 radical (unpaired) electrons. The van der Waals surface area contributed by atoms with Crippen molar-refractivity contribution in [2.24, 2.45) is 0 Å². The Labute approximate surface area is 120 Å². The van der Waals surface area contributed by atoms with Gasteiger partial charge in [0.2, 0.25) is 0 Å². The van der Waals surface area contributed by atoms with Crippen molar-refractivity contribution in [1.82, 2.24) is 0 Å². The molecule has 0 fully saturated rings. The largest absolute Gasteiger partial charge is 0.478 e. The molecule has 92 valence electrons. The molecule has 5 heteroatoms. The van der Waals surface area contributed by atoms with E-state index in [0.29, 0.717) is 14.5 Å². The Hall–Kier alpha value is -1.20. The number of rotatable bonds is 2. The first-order valence-electron chi connectivity index (χ1n) is 4.97. The van der Waals surface area contributed by atoms with Gasteiger partial charge in [-0.25, -0.2) is 9.18 Å². The van der Waals surface area contributed by atoms with Crippen LogP contribution in [0.2, 0.25) is 0 Å². The summed E-state index contributed by atoms with van der Waals surface area (Å²) in [6.07, 6.45) is 0. The highest BCUT2D eigenvalue weighted by Gasteiger charge is 2.15. The molecule has 2 rings (SSSR count). The van der Waals surface area contributed by atoms with Crippen molar-refractivity contribution in [3.05, 3.63) is 56.7 Å². The first-order chi connectivity index (χ1) is 8.49. The molecule has 0 bridgehead atoms. The maximum absolute atomic E-state index is 13.8. The van der Waals surface area contributed by atoms with E-state index >= 15 is 0 Å². The quantitative estimate of drug-likeness (QED) is 0.827. The van der Waals surface area contributed by atoms with Gasteiger partial charge in [0.15, 0.2) is 0 Å². The Morgan fingerprint density at radius 2 is 1.61 bits per heavy atom. The van der Waals surface area contributed by atoms with Gasteiger partial charge in [-0.2, -0.15) is 0 Å². The Balaban J connectivity index is 2.70. The van der Waals surface area contributed by atoms with Crippen molar-refractivity contribution in [1.29, 1.82) is 0 Å². The van der Waals surface area contributed by atoms with E-state index in [0.717, 1.165) is 0 Å². The van der Waals surface area contributed by atoms with E-state index in [9.17, 15) is 9.18 Å². The third-order valence-electron chi connectivity index (χ3n) is 2.43. The Kier molecular flexibility index (Phi) is 3.82. The van der Waals surface area contributed by atoms with Crippen LogP contribution in [0.25, 0.3) is 11.1 Å². The van der Waals surface area contributed by atoms with Crippen LogP contribution < -0.4 is 0 Å². The van der Waals surface area contributed by atoms with E-state index in [4.69, 9.17) is 5.11 Å². The number of halogens is 3. The van der Waals surface area contributed by atoms with E-state index in [1.54, 1.807) is 24.3 Å². The van der Waals surface area contributed by atoms with Gasteiger partial charge in [-0.05, 0) is 35.9 Å². The molecule has 0 aliphatic carbocycles. The zero-order valence-corrected chi connectivity index (χ0v) is 12.1. The molecule has 0 aliphatic rings. The molecule has 0 atom stereocenters. The van der Waals surface area contributed by atoms with Gasteiger partial charge in [0.1, 0.15) is 5.82 Å². The highest BCUT2D eigenvalue weighted by atomic mass is 79.9. The molecule has 0 unspecified atom stereocenters. The van der Waals surface area contributed by atoms with Crippen molar-refractivity contribution < 1.29 is 14.3 Å². The van der Waals surface area contributed by atoms with Crippen LogP contribution in [-0.4, -0.2) is 11.1 Å². The first kappa shape index (κ1) is 13.2. The normalized spacial score (nSPS) is 10.4. The lowest BCUT2D eigenvalue weighted by Crippen LogP contribution is -2.00. The second kappa shape index (κ2) is 5.20. The average Bonchev–Trinajstić information content (AvgIpc) is 2.32. The summed E-state index contributed by atoms with van der Waals surface area (Å²) in [6, 6.07) is 9.15. The summed E-state index contributed by atoms with van der Waals surface area (Å²) in [7, 11) is 0. The van der Waals surface area contributed by atoms with Crippen LogP contribution in [-0.2, 0) is 0 Å². The van der Waals surface area contributed by atoms with Crippen LogP contribution in [0.5, 0.6) is 0 Å². The van der Waals surface area contributed by atoms with Gasteiger partial charge in [0.25, 0.3) is 0 Å². The van der Waals surface area contributed by atoms with Crippen LogP contribution in [0.15, 0.2) is 45.3 Å². The van der Waals surface area contributed by atoms with Gasteiger partial charge in [0, 0.05) is 14.5 Å². The maximum atomic E-state index is 13.8. The Bertz CT molecular complexity index is 626. The molecule has 0 aliphatic heterocycles. The monoisotopic (exact) mass is 372 g/mol. The third kappa shape index (κ3) is 2.62. The number of hydrogen-bond donors (Lipinski definition) is 1. The number of hydrogen-bond acceptors (Lipinski definition) is 1. The molecule has 0 saturated heterocycles. The summed E-state index contributed by atoms with van der Waals surface area (Å²) in [4.78, 5) is 11.2. The van der Waals surface area contributed by atoms with Crippen molar-refractivity contribution in [2.75, 3.05) is 0 Å². The summed E-state index contributed by atoms with van der Waals surface area (Å²) in [5.41, 5.74) is 0.667. The van der Waals surface area contributed by atoms with Crippen LogP contribution in [0, 0.1) is 5.82 Å². The molecule has 0 saturated carbocycles. The fraction of sp³-hybridized carbons (Fsp3) is 0.